The van der Waals surface area contributed by atoms with Gasteiger partial charge in [0.25, 0.3) is 5.91 Å². The first-order valence-electron chi connectivity index (χ1n) is 7.03. The lowest BCUT2D eigenvalue weighted by Crippen LogP contribution is -2.29. The smallest absolute Gasteiger partial charge is 0.289 e. The Hall–Kier alpha value is -2.10. The molecule has 2 aromatic rings. The highest BCUT2D eigenvalue weighted by molar-refractivity contribution is 5.91. The van der Waals surface area contributed by atoms with Gasteiger partial charge >= 0.3 is 0 Å². The molecule has 4 heteroatoms. The second-order valence-corrected chi connectivity index (χ2v) is 5.33. The van der Waals surface area contributed by atoms with Crippen molar-refractivity contribution in [1.29, 1.82) is 0 Å². The Morgan fingerprint density at radius 3 is 3.10 bits per heavy atom. The Morgan fingerprint density at radius 1 is 1.45 bits per heavy atom. The summed E-state index contributed by atoms with van der Waals surface area (Å²) in [5.41, 5.74) is 3.50. The summed E-state index contributed by atoms with van der Waals surface area (Å²) in [5, 5.41) is 6.68. The first-order valence-corrected chi connectivity index (χ1v) is 7.03. The van der Waals surface area contributed by atoms with Crippen molar-refractivity contribution in [2.75, 3.05) is 6.54 Å². The summed E-state index contributed by atoms with van der Waals surface area (Å²) in [7, 11) is 0. The van der Waals surface area contributed by atoms with E-state index in [2.05, 4.69) is 34.7 Å². The van der Waals surface area contributed by atoms with Crippen LogP contribution in [-0.2, 0) is 6.42 Å². The zero-order valence-electron chi connectivity index (χ0n) is 11.6. The average molecular weight is 270 g/mol. The molecule has 0 radical (unpaired) electrons. The Morgan fingerprint density at radius 2 is 2.30 bits per heavy atom. The Bertz CT molecular complexity index is 618. The van der Waals surface area contributed by atoms with Gasteiger partial charge in [-0.1, -0.05) is 29.4 Å². The number of nitrogens with one attached hydrogen (secondary N) is 1. The van der Waals surface area contributed by atoms with Crippen LogP contribution in [0.5, 0.6) is 0 Å². The lowest BCUT2D eigenvalue weighted by molar-refractivity contribution is 0.0913. The van der Waals surface area contributed by atoms with Gasteiger partial charge in [-0.3, -0.25) is 4.79 Å². The van der Waals surface area contributed by atoms with Crippen molar-refractivity contribution in [3.05, 3.63) is 52.9 Å². The maximum Gasteiger partial charge on any atom is 0.289 e. The molecule has 0 bridgehead atoms. The molecule has 0 fully saturated rings. The molecule has 1 unspecified atom stereocenters. The molecule has 1 aromatic carbocycles. The molecule has 1 aliphatic rings. The fourth-order valence-electron chi connectivity index (χ4n) is 2.84. The standard InChI is InChI=1S/C16H18N2O2/c1-11-9-15(20-18-11)16(19)17-10-13-7-4-6-12-5-2-3-8-14(12)13/h2-3,5,8-9,13H,4,6-7,10H2,1H3,(H,17,19). The second-order valence-electron chi connectivity index (χ2n) is 5.33. The first-order chi connectivity index (χ1) is 9.74. The zero-order chi connectivity index (χ0) is 13.9. The van der Waals surface area contributed by atoms with Crippen molar-refractivity contribution in [3.8, 4) is 0 Å². The van der Waals surface area contributed by atoms with Crippen molar-refractivity contribution < 1.29 is 9.32 Å². The van der Waals surface area contributed by atoms with E-state index in [0.29, 0.717) is 12.5 Å². The van der Waals surface area contributed by atoms with E-state index >= 15 is 0 Å². The molecule has 0 spiro atoms. The highest BCUT2D eigenvalue weighted by Gasteiger charge is 2.21. The number of aryl methyl sites for hydroxylation is 2. The van der Waals surface area contributed by atoms with Crippen molar-refractivity contribution in [2.24, 2.45) is 0 Å². The van der Waals surface area contributed by atoms with Crippen LogP contribution in [0.25, 0.3) is 0 Å². The van der Waals surface area contributed by atoms with Crippen LogP contribution in [0.15, 0.2) is 34.9 Å². The minimum absolute atomic E-state index is 0.186. The molecule has 3 rings (SSSR count). The predicted molar refractivity (Wildman–Crippen MR) is 75.7 cm³/mol. The minimum Gasteiger partial charge on any atom is -0.351 e. The lowest BCUT2D eigenvalue weighted by atomic mass is 9.83. The van der Waals surface area contributed by atoms with E-state index in [9.17, 15) is 4.79 Å². The summed E-state index contributed by atoms with van der Waals surface area (Å²) in [4.78, 5) is 12.0. The van der Waals surface area contributed by atoms with Crippen molar-refractivity contribution in [3.63, 3.8) is 0 Å². The number of fused-ring (bicyclic) bond motifs is 1. The number of rotatable bonds is 3. The average Bonchev–Trinajstić information content (AvgIpc) is 2.91. The topological polar surface area (TPSA) is 55.1 Å². The molecule has 1 N–H and O–H groups in total. The predicted octanol–water partition coefficient (Wildman–Crippen LogP) is 2.83. The third-order valence-corrected chi connectivity index (χ3v) is 3.85. The molecule has 104 valence electrons. The SMILES string of the molecule is Cc1cc(C(=O)NCC2CCCc3ccccc32)on1. The van der Waals surface area contributed by atoms with Crippen LogP contribution in [0.3, 0.4) is 0 Å². The van der Waals surface area contributed by atoms with Gasteiger partial charge in [-0.25, -0.2) is 0 Å². The van der Waals surface area contributed by atoms with E-state index in [1.54, 1.807) is 13.0 Å². The number of hydrogen-bond acceptors (Lipinski definition) is 3. The first kappa shape index (κ1) is 12.9. The number of amides is 1. The summed E-state index contributed by atoms with van der Waals surface area (Å²) >= 11 is 0. The van der Waals surface area contributed by atoms with E-state index in [4.69, 9.17) is 4.52 Å². The largest absolute Gasteiger partial charge is 0.351 e. The third kappa shape index (κ3) is 2.59. The second kappa shape index (κ2) is 5.49. The molecule has 1 amide bonds. The minimum atomic E-state index is -0.186. The number of hydrogen-bond donors (Lipinski definition) is 1. The van der Waals surface area contributed by atoms with Gasteiger partial charge in [-0.15, -0.1) is 0 Å². The maximum absolute atomic E-state index is 12.0. The summed E-state index contributed by atoms with van der Waals surface area (Å²) in [6.07, 6.45) is 3.44. The molecule has 0 saturated heterocycles. The molecular formula is C16H18N2O2. The number of aromatic nitrogens is 1. The Balaban J connectivity index is 1.66. The molecular weight excluding hydrogens is 252 g/mol. The van der Waals surface area contributed by atoms with Crippen molar-refractivity contribution in [1.82, 2.24) is 10.5 Å². The Kier molecular flexibility index (Phi) is 3.54. The van der Waals surface area contributed by atoms with Crippen LogP contribution in [-0.4, -0.2) is 17.6 Å². The van der Waals surface area contributed by atoms with E-state index < -0.39 is 0 Å². The highest BCUT2D eigenvalue weighted by Crippen LogP contribution is 2.30. The summed E-state index contributed by atoms with van der Waals surface area (Å²) in [6, 6.07) is 10.2. The third-order valence-electron chi connectivity index (χ3n) is 3.85. The normalized spacial score (nSPS) is 17.6. The maximum atomic E-state index is 12.0. The van der Waals surface area contributed by atoms with E-state index in [0.717, 1.165) is 18.5 Å². The van der Waals surface area contributed by atoms with Crippen molar-refractivity contribution >= 4 is 5.91 Å². The summed E-state index contributed by atoms with van der Waals surface area (Å²) < 4.78 is 4.97. The van der Waals surface area contributed by atoms with E-state index in [1.807, 2.05) is 0 Å². The summed E-state index contributed by atoms with van der Waals surface area (Å²) in [5.74, 6) is 0.494. The van der Waals surface area contributed by atoms with Gasteiger partial charge in [0, 0.05) is 18.5 Å². The van der Waals surface area contributed by atoms with Crippen LogP contribution < -0.4 is 5.32 Å². The van der Waals surface area contributed by atoms with E-state index in [1.165, 1.54) is 17.5 Å². The molecule has 1 atom stereocenters. The molecule has 1 aliphatic carbocycles. The van der Waals surface area contributed by atoms with Crippen molar-refractivity contribution in [2.45, 2.75) is 32.1 Å². The van der Waals surface area contributed by atoms with Gasteiger partial charge in [0.15, 0.2) is 0 Å². The molecule has 1 heterocycles. The van der Waals surface area contributed by atoms with E-state index in [-0.39, 0.29) is 11.7 Å². The highest BCUT2D eigenvalue weighted by atomic mass is 16.5. The van der Waals surface area contributed by atoms with Gasteiger partial charge < -0.3 is 9.84 Å². The quantitative estimate of drug-likeness (QED) is 0.933. The lowest BCUT2D eigenvalue weighted by Gasteiger charge is -2.25. The monoisotopic (exact) mass is 270 g/mol. The van der Waals surface area contributed by atoms with Gasteiger partial charge in [-0.2, -0.15) is 0 Å². The number of carbonyl (C=O) groups excluding carboxylic acids is 1. The Labute approximate surface area is 118 Å². The van der Waals surface area contributed by atoms with Crippen LogP contribution in [0.4, 0.5) is 0 Å². The molecule has 1 aromatic heterocycles. The molecule has 0 aliphatic heterocycles. The van der Waals surface area contributed by atoms with Gasteiger partial charge in [0.2, 0.25) is 5.76 Å². The van der Waals surface area contributed by atoms with Crippen LogP contribution >= 0.6 is 0 Å². The van der Waals surface area contributed by atoms with Gasteiger partial charge in [0.05, 0.1) is 5.69 Å². The number of carbonyl (C=O) groups is 1. The van der Waals surface area contributed by atoms with Gasteiger partial charge in [0.1, 0.15) is 0 Å². The van der Waals surface area contributed by atoms with Crippen LogP contribution in [0.2, 0.25) is 0 Å². The number of benzene rings is 1. The molecule has 0 saturated carbocycles. The zero-order valence-corrected chi connectivity index (χ0v) is 11.6. The van der Waals surface area contributed by atoms with Gasteiger partial charge in [-0.05, 0) is 37.3 Å². The number of nitrogens with zero attached hydrogens (tertiary/aromatic N) is 1. The van der Waals surface area contributed by atoms with Crippen LogP contribution in [0, 0.1) is 6.92 Å². The summed E-state index contributed by atoms with van der Waals surface area (Å²) in [6.45, 7) is 2.45. The molecule has 4 nitrogen and oxygen atoms in total. The molecule has 20 heavy (non-hydrogen) atoms. The van der Waals surface area contributed by atoms with Crippen LogP contribution in [0.1, 0.15) is 46.1 Å². The fraction of sp³-hybridized carbons (Fsp3) is 0.375. The fourth-order valence-corrected chi connectivity index (χ4v) is 2.84.